The minimum absolute atomic E-state index is 0.00337. The number of nitro benzene ring substituents is 1. The topological polar surface area (TPSA) is 139 Å². The number of hydrogen-bond donors (Lipinski definition) is 1. The number of carbonyl (C=O) groups is 2. The first-order valence-corrected chi connectivity index (χ1v) is 14.4. The van der Waals surface area contributed by atoms with Crippen molar-refractivity contribution in [1.29, 1.82) is 0 Å². The molecule has 2 amide bonds. The molecule has 0 radical (unpaired) electrons. The Balaban J connectivity index is 2.61. The van der Waals surface area contributed by atoms with E-state index in [4.69, 9.17) is 27.9 Å². The molecule has 2 aromatic carbocycles. The minimum atomic E-state index is -4.15. The van der Waals surface area contributed by atoms with Crippen molar-refractivity contribution < 1.29 is 27.7 Å². The zero-order chi connectivity index (χ0) is 29.7. The van der Waals surface area contributed by atoms with Crippen LogP contribution in [0.25, 0.3) is 0 Å². The van der Waals surface area contributed by atoms with E-state index in [2.05, 4.69) is 5.32 Å². The summed E-state index contributed by atoms with van der Waals surface area (Å²) < 4.78 is 31.7. The molecule has 0 saturated heterocycles. The Morgan fingerprint density at radius 1 is 1.15 bits per heavy atom. The standard InChI is InChI=1S/C25H32Cl2N4O7S/c1-7-20(24(33)28-25(2,3)4)29(14-16-8-9-17(26)12-19(16)27)23(32)15-30(39(6,36)37)21-13-18(31(34)35)10-11-22(21)38-5/h8-13,20H,7,14-15H2,1-6H3,(H,28,33). The third-order valence-electron chi connectivity index (χ3n) is 5.56. The SMILES string of the molecule is CCC(C(=O)NC(C)(C)C)N(Cc1ccc(Cl)cc1Cl)C(=O)CN(c1cc([N+](=O)[O-])ccc1OC)S(C)(=O)=O. The number of carbonyl (C=O) groups excluding carboxylic acids is 2. The average Bonchev–Trinajstić information content (AvgIpc) is 2.81. The Morgan fingerprint density at radius 3 is 2.28 bits per heavy atom. The van der Waals surface area contributed by atoms with E-state index in [0.717, 1.165) is 18.4 Å². The van der Waals surface area contributed by atoms with Gasteiger partial charge in [-0.25, -0.2) is 8.42 Å². The number of nitrogens with zero attached hydrogens (tertiary/aromatic N) is 3. The van der Waals surface area contributed by atoms with Crippen molar-refractivity contribution in [3.63, 3.8) is 0 Å². The minimum Gasteiger partial charge on any atom is -0.495 e. The van der Waals surface area contributed by atoms with E-state index in [9.17, 15) is 28.1 Å². The van der Waals surface area contributed by atoms with Gasteiger partial charge in [-0.15, -0.1) is 0 Å². The van der Waals surface area contributed by atoms with E-state index in [1.165, 1.54) is 24.1 Å². The molecule has 1 N–H and O–H groups in total. The van der Waals surface area contributed by atoms with Crippen LogP contribution in [0.2, 0.25) is 10.0 Å². The van der Waals surface area contributed by atoms with Gasteiger partial charge in [-0.05, 0) is 51.0 Å². The average molecular weight is 604 g/mol. The highest BCUT2D eigenvalue weighted by molar-refractivity contribution is 7.92. The summed E-state index contributed by atoms with van der Waals surface area (Å²) >= 11 is 12.4. The van der Waals surface area contributed by atoms with Crippen LogP contribution in [-0.2, 0) is 26.2 Å². The Hall–Kier alpha value is -3.09. The van der Waals surface area contributed by atoms with Crippen molar-refractivity contribution in [3.8, 4) is 5.75 Å². The second-order valence-corrected chi connectivity index (χ2v) is 12.6. The fourth-order valence-electron chi connectivity index (χ4n) is 3.79. The number of sulfonamides is 1. The molecule has 0 aromatic heterocycles. The number of rotatable bonds is 11. The Morgan fingerprint density at radius 2 is 1.79 bits per heavy atom. The Labute approximate surface area is 238 Å². The number of anilines is 1. The van der Waals surface area contributed by atoms with Gasteiger partial charge in [0.25, 0.3) is 5.69 Å². The van der Waals surface area contributed by atoms with Crippen LogP contribution in [0.5, 0.6) is 5.75 Å². The summed E-state index contributed by atoms with van der Waals surface area (Å²) in [4.78, 5) is 39.0. The quantitative estimate of drug-likeness (QED) is 0.297. The first-order chi connectivity index (χ1) is 18.0. The van der Waals surface area contributed by atoms with Gasteiger partial charge in [0, 0.05) is 34.3 Å². The molecule has 2 rings (SSSR count). The van der Waals surface area contributed by atoms with Crippen LogP contribution in [0.15, 0.2) is 36.4 Å². The lowest BCUT2D eigenvalue weighted by atomic mass is 10.1. The van der Waals surface area contributed by atoms with E-state index < -0.39 is 50.6 Å². The highest BCUT2D eigenvalue weighted by Crippen LogP contribution is 2.34. The zero-order valence-corrected chi connectivity index (χ0v) is 24.9. The maximum atomic E-state index is 13.8. The predicted molar refractivity (Wildman–Crippen MR) is 151 cm³/mol. The van der Waals surface area contributed by atoms with Gasteiger partial charge in [-0.2, -0.15) is 0 Å². The van der Waals surface area contributed by atoms with Gasteiger partial charge in [0.1, 0.15) is 24.0 Å². The van der Waals surface area contributed by atoms with Gasteiger partial charge >= 0.3 is 0 Å². The van der Waals surface area contributed by atoms with E-state index >= 15 is 0 Å². The lowest BCUT2D eigenvalue weighted by Crippen LogP contribution is -2.55. The van der Waals surface area contributed by atoms with Crippen LogP contribution in [0.3, 0.4) is 0 Å². The summed E-state index contributed by atoms with van der Waals surface area (Å²) in [6, 6.07) is 7.11. The van der Waals surface area contributed by atoms with E-state index in [0.29, 0.717) is 14.9 Å². The molecule has 14 heteroatoms. The molecule has 11 nitrogen and oxygen atoms in total. The molecule has 0 fully saturated rings. The van der Waals surface area contributed by atoms with Crippen LogP contribution in [0.4, 0.5) is 11.4 Å². The number of non-ortho nitro benzene ring substituents is 1. The maximum Gasteiger partial charge on any atom is 0.271 e. The normalized spacial score (nSPS) is 12.4. The second-order valence-electron chi connectivity index (χ2n) is 9.80. The van der Waals surface area contributed by atoms with Crippen molar-refractivity contribution in [2.75, 3.05) is 24.2 Å². The molecule has 214 valence electrons. The lowest BCUT2D eigenvalue weighted by molar-refractivity contribution is -0.384. The molecular formula is C25H32Cl2N4O7S. The van der Waals surface area contributed by atoms with Gasteiger partial charge in [0.15, 0.2) is 0 Å². The Kier molecular flexibility index (Phi) is 10.6. The maximum absolute atomic E-state index is 13.8. The third kappa shape index (κ3) is 8.70. The summed E-state index contributed by atoms with van der Waals surface area (Å²) in [5, 5.41) is 14.9. The van der Waals surface area contributed by atoms with Crippen molar-refractivity contribution in [3.05, 3.63) is 62.1 Å². The van der Waals surface area contributed by atoms with Gasteiger partial charge in [-0.3, -0.25) is 24.0 Å². The predicted octanol–water partition coefficient (Wildman–Crippen LogP) is 4.40. The highest BCUT2D eigenvalue weighted by Gasteiger charge is 2.34. The van der Waals surface area contributed by atoms with Crippen molar-refractivity contribution in [2.24, 2.45) is 0 Å². The summed E-state index contributed by atoms with van der Waals surface area (Å²) in [6.07, 6.45) is 1.07. The molecule has 0 aliphatic rings. The first kappa shape index (κ1) is 32.1. The molecule has 2 aromatic rings. The molecule has 0 saturated carbocycles. The molecule has 39 heavy (non-hydrogen) atoms. The van der Waals surface area contributed by atoms with Crippen LogP contribution in [-0.4, -0.2) is 61.5 Å². The van der Waals surface area contributed by atoms with Crippen LogP contribution in [0, 0.1) is 10.1 Å². The number of ether oxygens (including phenoxy) is 1. The highest BCUT2D eigenvalue weighted by atomic mass is 35.5. The second kappa shape index (κ2) is 12.8. The number of amides is 2. The van der Waals surface area contributed by atoms with Crippen LogP contribution in [0.1, 0.15) is 39.7 Å². The van der Waals surface area contributed by atoms with Crippen LogP contribution < -0.4 is 14.4 Å². The number of benzene rings is 2. The smallest absolute Gasteiger partial charge is 0.271 e. The first-order valence-electron chi connectivity index (χ1n) is 11.8. The molecule has 0 spiro atoms. The summed E-state index contributed by atoms with van der Waals surface area (Å²) in [5.74, 6) is -1.18. The molecule has 1 atom stereocenters. The molecule has 0 aliphatic carbocycles. The third-order valence-corrected chi connectivity index (χ3v) is 7.27. The number of hydrogen-bond acceptors (Lipinski definition) is 7. The van der Waals surface area contributed by atoms with Crippen molar-refractivity contribution in [2.45, 2.75) is 52.2 Å². The van der Waals surface area contributed by atoms with Gasteiger partial charge < -0.3 is 15.0 Å². The van der Waals surface area contributed by atoms with E-state index in [-0.39, 0.29) is 29.4 Å². The van der Waals surface area contributed by atoms with E-state index in [1.807, 2.05) is 0 Å². The molecule has 0 heterocycles. The van der Waals surface area contributed by atoms with Crippen molar-refractivity contribution >= 4 is 56.4 Å². The van der Waals surface area contributed by atoms with Gasteiger partial charge in [0.2, 0.25) is 21.8 Å². The lowest BCUT2D eigenvalue weighted by Gasteiger charge is -2.34. The largest absolute Gasteiger partial charge is 0.495 e. The molecule has 0 bridgehead atoms. The van der Waals surface area contributed by atoms with Gasteiger partial charge in [0.05, 0.1) is 18.3 Å². The van der Waals surface area contributed by atoms with E-state index in [1.54, 1.807) is 39.8 Å². The van der Waals surface area contributed by atoms with Crippen LogP contribution >= 0.6 is 23.2 Å². The molecule has 0 aliphatic heterocycles. The fraction of sp³-hybridized carbons (Fsp3) is 0.440. The zero-order valence-electron chi connectivity index (χ0n) is 22.5. The monoisotopic (exact) mass is 602 g/mol. The molecule has 1 unspecified atom stereocenters. The van der Waals surface area contributed by atoms with Crippen molar-refractivity contribution in [1.82, 2.24) is 10.2 Å². The van der Waals surface area contributed by atoms with Gasteiger partial charge in [-0.1, -0.05) is 36.2 Å². The summed E-state index contributed by atoms with van der Waals surface area (Å²) in [6.45, 7) is 6.20. The number of nitrogens with one attached hydrogen (secondary N) is 1. The fourth-order valence-corrected chi connectivity index (χ4v) is 5.10. The number of halogens is 2. The summed E-state index contributed by atoms with van der Waals surface area (Å²) in [5.41, 5.74) is -0.714. The summed E-state index contributed by atoms with van der Waals surface area (Å²) in [7, 11) is -2.88. The number of methoxy groups -OCH3 is 1. The number of nitro groups is 1. The Bertz CT molecular complexity index is 1350. The molecular weight excluding hydrogens is 571 g/mol.